The second kappa shape index (κ2) is 17.8. The highest BCUT2D eigenvalue weighted by molar-refractivity contribution is 7.25. The number of anilines is 3. The van der Waals surface area contributed by atoms with E-state index in [0.717, 1.165) is 55.7 Å². The molecule has 2 nitrogen and oxygen atoms in total. The van der Waals surface area contributed by atoms with Crippen LogP contribution in [0.3, 0.4) is 0 Å². The quantitative estimate of drug-likeness (QED) is 0.143. The highest BCUT2D eigenvalue weighted by Crippen LogP contribution is 2.57. The topological polar surface area (TPSA) is 16.4 Å². The van der Waals surface area contributed by atoms with E-state index in [1.54, 1.807) is 0 Å². The number of hydrogen-bond donors (Lipinski definition) is 0. The maximum Gasteiger partial charge on any atom is 0.135 e. The third-order valence-corrected chi connectivity index (χ3v) is 16.9. The molecule has 0 fully saturated rings. The first-order chi connectivity index (χ1) is 37.6. The number of thiophene rings is 1. The van der Waals surface area contributed by atoms with E-state index in [1.807, 2.05) is 23.5 Å². The first-order valence-electron chi connectivity index (χ1n) is 26.0. The lowest BCUT2D eigenvalue weighted by Crippen LogP contribution is -2.28. The number of nitrogens with zero attached hydrogens (tertiary/aromatic N) is 1. The Morgan fingerprint density at radius 3 is 1.42 bits per heavy atom. The Kier molecular flexibility index (Phi) is 10.3. The van der Waals surface area contributed by atoms with Crippen molar-refractivity contribution in [2.75, 3.05) is 4.90 Å². The van der Waals surface area contributed by atoms with E-state index in [-0.39, 0.29) is 0 Å². The largest absolute Gasteiger partial charge is 0.456 e. The molecule has 0 saturated carbocycles. The van der Waals surface area contributed by atoms with Crippen LogP contribution in [-0.4, -0.2) is 0 Å². The molecule has 1 aliphatic carbocycles. The fourth-order valence-electron chi connectivity index (χ4n) is 12.2. The Morgan fingerprint density at radius 2 is 0.750 bits per heavy atom. The average molecular weight is 986 g/mol. The lowest BCUT2D eigenvalue weighted by molar-refractivity contribution is 0.669. The van der Waals surface area contributed by atoms with Gasteiger partial charge in [0, 0.05) is 48.0 Å². The molecule has 0 aliphatic heterocycles. The number of para-hydroxylation sites is 1. The van der Waals surface area contributed by atoms with Gasteiger partial charge in [-0.25, -0.2) is 0 Å². The van der Waals surface area contributed by atoms with Crippen LogP contribution in [0.2, 0.25) is 0 Å². The molecule has 0 spiro atoms. The first-order valence-corrected chi connectivity index (χ1v) is 26.9. The zero-order chi connectivity index (χ0) is 50.2. The first kappa shape index (κ1) is 44.0. The summed E-state index contributed by atoms with van der Waals surface area (Å²) in [5, 5.41) is 4.90. The summed E-state index contributed by atoms with van der Waals surface area (Å²) in [5.74, 6) is 0. The van der Waals surface area contributed by atoms with E-state index in [0.29, 0.717) is 0 Å². The minimum absolute atomic E-state index is 0.481. The summed E-state index contributed by atoms with van der Waals surface area (Å²) >= 11 is 1.86. The molecule has 2 aromatic heterocycles. The monoisotopic (exact) mass is 985 g/mol. The van der Waals surface area contributed by atoms with E-state index in [9.17, 15) is 0 Å². The molecular weight excluding hydrogens is 939 g/mol. The average Bonchev–Trinajstić information content (AvgIpc) is 4.21. The van der Waals surface area contributed by atoms with Crippen LogP contribution in [0, 0.1) is 0 Å². The van der Waals surface area contributed by atoms with Crippen LogP contribution in [-0.2, 0) is 5.41 Å². The molecule has 2 heterocycles. The maximum absolute atomic E-state index is 6.17. The van der Waals surface area contributed by atoms with Gasteiger partial charge in [-0.1, -0.05) is 200 Å². The summed E-state index contributed by atoms with van der Waals surface area (Å²) in [6.45, 7) is 0. The highest BCUT2D eigenvalue weighted by Gasteiger charge is 2.46. The Hall–Kier alpha value is -9.54. The van der Waals surface area contributed by atoms with Crippen LogP contribution in [0.25, 0.3) is 97.7 Å². The van der Waals surface area contributed by atoms with Crippen molar-refractivity contribution in [2.45, 2.75) is 5.41 Å². The number of rotatable bonds is 9. The minimum Gasteiger partial charge on any atom is -0.456 e. The number of benzene rings is 12. The van der Waals surface area contributed by atoms with Gasteiger partial charge in [-0.15, -0.1) is 11.3 Å². The normalized spacial score (nSPS) is 12.6. The van der Waals surface area contributed by atoms with Crippen molar-refractivity contribution in [1.29, 1.82) is 0 Å². The van der Waals surface area contributed by atoms with E-state index in [2.05, 4.69) is 278 Å². The molecule has 14 aromatic rings. The molecule has 1 aliphatic rings. The standard InChI is InChI=1S/C73H47NOS/c1-3-19-56(20-4-1)73(57-21-5-2-6-22-57)67-26-10-7-23-61(67)64-47-60(39-40-68(64)73)74(58-35-29-48(30-36-58)50-15-13-17-52(43-50)54-33-41-70-65(45-54)62-24-8-11-27-69(62)75-70)59-37-31-49(32-38-59)51-16-14-18-53(44-51)55-34-42-72-66(46-55)63-25-9-12-28-71(63)76-72/h1-47H. The lowest BCUT2D eigenvalue weighted by Gasteiger charge is -2.34. The van der Waals surface area contributed by atoms with Crippen LogP contribution >= 0.6 is 11.3 Å². The van der Waals surface area contributed by atoms with E-state index in [1.165, 1.54) is 81.4 Å². The molecule has 0 bridgehead atoms. The van der Waals surface area contributed by atoms with Crippen molar-refractivity contribution in [3.05, 3.63) is 307 Å². The summed E-state index contributed by atoms with van der Waals surface area (Å²) in [6, 6.07) is 105. The van der Waals surface area contributed by atoms with E-state index >= 15 is 0 Å². The summed E-state index contributed by atoms with van der Waals surface area (Å²) in [6.07, 6.45) is 0. The van der Waals surface area contributed by atoms with Gasteiger partial charge in [0.2, 0.25) is 0 Å². The fraction of sp³-hybridized carbons (Fsp3) is 0.0137. The van der Waals surface area contributed by atoms with Crippen LogP contribution < -0.4 is 4.90 Å². The van der Waals surface area contributed by atoms with Crippen LogP contribution in [0.5, 0.6) is 0 Å². The van der Waals surface area contributed by atoms with Gasteiger partial charge in [0.15, 0.2) is 0 Å². The van der Waals surface area contributed by atoms with Crippen LogP contribution in [0.1, 0.15) is 22.3 Å². The molecule has 3 heteroatoms. The second-order valence-electron chi connectivity index (χ2n) is 20.0. The SMILES string of the molecule is c1ccc(C2(c3ccccc3)c3ccccc3-c3cc(N(c4ccc(-c5cccc(-c6ccc7oc8ccccc8c7c6)c5)cc4)c4ccc(-c5cccc(-c6ccc7sc8ccccc8c7c6)c5)cc4)ccc32)cc1. The Labute approximate surface area is 445 Å². The van der Waals surface area contributed by atoms with Crippen molar-refractivity contribution in [1.82, 2.24) is 0 Å². The highest BCUT2D eigenvalue weighted by atomic mass is 32.1. The zero-order valence-corrected chi connectivity index (χ0v) is 42.2. The summed E-state index contributed by atoms with van der Waals surface area (Å²) in [5.41, 5.74) is 21.6. The van der Waals surface area contributed by atoms with Crippen molar-refractivity contribution < 1.29 is 4.42 Å². The molecule has 15 rings (SSSR count). The Bertz CT molecular complexity index is 4270. The molecule has 76 heavy (non-hydrogen) atoms. The van der Waals surface area contributed by atoms with Gasteiger partial charge < -0.3 is 9.32 Å². The van der Waals surface area contributed by atoms with E-state index < -0.39 is 5.41 Å². The third kappa shape index (κ3) is 7.16. The van der Waals surface area contributed by atoms with Crippen molar-refractivity contribution in [2.24, 2.45) is 0 Å². The van der Waals surface area contributed by atoms with Gasteiger partial charge in [0.1, 0.15) is 11.2 Å². The molecule has 12 aromatic carbocycles. The fourth-order valence-corrected chi connectivity index (χ4v) is 13.3. The molecule has 0 amide bonds. The predicted molar refractivity (Wildman–Crippen MR) is 320 cm³/mol. The van der Waals surface area contributed by atoms with Crippen molar-refractivity contribution >= 4 is 70.5 Å². The molecule has 0 atom stereocenters. The Balaban J connectivity index is 0.831. The number of hydrogen-bond acceptors (Lipinski definition) is 3. The van der Waals surface area contributed by atoms with Crippen LogP contribution in [0.4, 0.5) is 17.1 Å². The predicted octanol–water partition coefficient (Wildman–Crippen LogP) is 20.5. The summed E-state index contributed by atoms with van der Waals surface area (Å²) in [4.78, 5) is 2.42. The smallest absolute Gasteiger partial charge is 0.135 e. The minimum atomic E-state index is -0.481. The van der Waals surface area contributed by atoms with Gasteiger partial charge in [0.25, 0.3) is 0 Å². The molecule has 356 valence electrons. The summed E-state index contributed by atoms with van der Waals surface area (Å²) < 4.78 is 8.82. The zero-order valence-electron chi connectivity index (χ0n) is 41.4. The van der Waals surface area contributed by atoms with Gasteiger partial charge in [-0.2, -0.15) is 0 Å². The van der Waals surface area contributed by atoms with Gasteiger partial charge in [-0.05, 0) is 163 Å². The molecular formula is C73H47NOS. The van der Waals surface area contributed by atoms with Gasteiger partial charge in [-0.3, -0.25) is 0 Å². The third-order valence-electron chi connectivity index (χ3n) is 15.8. The number of furan rings is 1. The van der Waals surface area contributed by atoms with Gasteiger partial charge >= 0.3 is 0 Å². The lowest BCUT2D eigenvalue weighted by atomic mass is 9.68. The van der Waals surface area contributed by atoms with E-state index in [4.69, 9.17) is 4.42 Å². The molecule has 0 N–H and O–H groups in total. The van der Waals surface area contributed by atoms with Gasteiger partial charge in [0.05, 0.1) is 5.41 Å². The van der Waals surface area contributed by atoms with Crippen molar-refractivity contribution in [3.8, 4) is 55.6 Å². The second-order valence-corrected chi connectivity index (χ2v) is 21.1. The maximum atomic E-state index is 6.17. The summed E-state index contributed by atoms with van der Waals surface area (Å²) in [7, 11) is 0. The van der Waals surface area contributed by atoms with Crippen molar-refractivity contribution in [3.63, 3.8) is 0 Å². The molecule has 0 saturated heterocycles. The van der Waals surface area contributed by atoms with Crippen LogP contribution in [0.15, 0.2) is 290 Å². The molecule has 0 radical (unpaired) electrons. The Morgan fingerprint density at radius 1 is 0.276 bits per heavy atom. The molecule has 0 unspecified atom stereocenters. The number of fused-ring (bicyclic) bond motifs is 9.